The van der Waals surface area contributed by atoms with Crippen molar-refractivity contribution in [3.8, 4) is 0 Å². The summed E-state index contributed by atoms with van der Waals surface area (Å²) in [5, 5.41) is 142. The van der Waals surface area contributed by atoms with Gasteiger partial charge in [-0.05, 0) is 0 Å². The standard InChI is InChI=1S/C24H42O21/c25-1-5-11(30)15(34)20(21(38)40-5)45-24-18(37)19(44-23-17(36)14(33)10(29)7(3-27)42-23)12(31)8(43-24)4-39-22-16(35)13(32)9(28)6(2-26)41-22/h5-38H,1-4H2/t5-,6-,7-,8-,9-,10-,11-,12-,13+,14+,15+,16+,17+,18+,19+,20+,21+,22+,23-,24-/m1/s1. The van der Waals surface area contributed by atoms with Gasteiger partial charge in [-0.3, -0.25) is 0 Å². The summed E-state index contributed by atoms with van der Waals surface area (Å²) in [6.45, 7) is -3.16. The van der Waals surface area contributed by atoms with E-state index in [-0.39, 0.29) is 0 Å². The van der Waals surface area contributed by atoms with Gasteiger partial charge in [0.15, 0.2) is 25.2 Å². The zero-order valence-corrected chi connectivity index (χ0v) is 23.5. The molecular weight excluding hydrogens is 624 g/mol. The van der Waals surface area contributed by atoms with Crippen LogP contribution in [0.2, 0.25) is 0 Å². The summed E-state index contributed by atoms with van der Waals surface area (Å²) in [5.41, 5.74) is 0. The van der Waals surface area contributed by atoms with Crippen molar-refractivity contribution in [1.29, 1.82) is 0 Å². The number of hydrogen-bond acceptors (Lipinski definition) is 21. The van der Waals surface area contributed by atoms with Crippen LogP contribution >= 0.6 is 0 Å². The number of ether oxygens (including phenoxy) is 7. The van der Waals surface area contributed by atoms with Crippen LogP contribution in [0.4, 0.5) is 0 Å². The monoisotopic (exact) mass is 666 g/mol. The van der Waals surface area contributed by atoms with Gasteiger partial charge >= 0.3 is 0 Å². The third kappa shape index (κ3) is 7.59. The maximum Gasteiger partial charge on any atom is 0.187 e. The Bertz CT molecular complexity index is 914. The molecule has 45 heavy (non-hydrogen) atoms. The van der Waals surface area contributed by atoms with Crippen molar-refractivity contribution < 1.29 is 105 Å². The fourth-order valence-corrected chi connectivity index (χ4v) is 5.42. The van der Waals surface area contributed by atoms with Crippen molar-refractivity contribution >= 4 is 0 Å². The Labute approximate surface area is 254 Å². The lowest BCUT2D eigenvalue weighted by atomic mass is 9.96. The van der Waals surface area contributed by atoms with Crippen LogP contribution in [0.5, 0.6) is 0 Å². The van der Waals surface area contributed by atoms with Gasteiger partial charge in [0.05, 0.1) is 26.4 Å². The van der Waals surface area contributed by atoms with Crippen molar-refractivity contribution in [2.45, 2.75) is 123 Å². The molecule has 20 atom stereocenters. The summed E-state index contributed by atoms with van der Waals surface area (Å²) >= 11 is 0. The molecule has 0 radical (unpaired) electrons. The summed E-state index contributed by atoms with van der Waals surface area (Å²) in [6, 6.07) is 0. The molecule has 4 aliphatic rings. The number of aliphatic hydroxyl groups is 14. The van der Waals surface area contributed by atoms with Gasteiger partial charge in [-0.2, -0.15) is 0 Å². The highest BCUT2D eigenvalue weighted by atomic mass is 16.8. The maximum atomic E-state index is 11.1. The van der Waals surface area contributed by atoms with Crippen molar-refractivity contribution in [3.63, 3.8) is 0 Å². The molecule has 4 aliphatic heterocycles. The third-order valence-electron chi connectivity index (χ3n) is 8.19. The van der Waals surface area contributed by atoms with Crippen LogP contribution in [-0.4, -0.2) is 221 Å². The van der Waals surface area contributed by atoms with E-state index in [2.05, 4.69) is 0 Å². The molecule has 0 aromatic heterocycles. The van der Waals surface area contributed by atoms with Crippen molar-refractivity contribution in [3.05, 3.63) is 0 Å². The first-order chi connectivity index (χ1) is 21.2. The Hall–Kier alpha value is -0.840. The Morgan fingerprint density at radius 3 is 1.36 bits per heavy atom. The summed E-state index contributed by atoms with van der Waals surface area (Å²) in [7, 11) is 0. The molecule has 4 fully saturated rings. The van der Waals surface area contributed by atoms with Crippen LogP contribution in [0.15, 0.2) is 0 Å². The quantitative estimate of drug-likeness (QED) is 0.103. The van der Waals surface area contributed by atoms with E-state index in [9.17, 15) is 71.5 Å². The van der Waals surface area contributed by atoms with Gasteiger partial charge in [0.1, 0.15) is 97.7 Å². The zero-order chi connectivity index (χ0) is 33.3. The van der Waals surface area contributed by atoms with Gasteiger partial charge in [-0.15, -0.1) is 0 Å². The van der Waals surface area contributed by atoms with Gasteiger partial charge in [0.2, 0.25) is 0 Å². The van der Waals surface area contributed by atoms with E-state index in [1.54, 1.807) is 0 Å². The molecule has 21 nitrogen and oxygen atoms in total. The van der Waals surface area contributed by atoms with Crippen molar-refractivity contribution in [1.82, 2.24) is 0 Å². The van der Waals surface area contributed by atoms with Crippen LogP contribution in [0.3, 0.4) is 0 Å². The van der Waals surface area contributed by atoms with E-state index in [0.717, 1.165) is 0 Å². The largest absolute Gasteiger partial charge is 0.394 e. The van der Waals surface area contributed by atoms with Crippen LogP contribution in [0.25, 0.3) is 0 Å². The summed E-state index contributed by atoms with van der Waals surface area (Å²) in [6.07, 6.45) is -35.8. The lowest BCUT2D eigenvalue weighted by molar-refractivity contribution is -0.386. The predicted molar refractivity (Wildman–Crippen MR) is 134 cm³/mol. The molecule has 4 saturated heterocycles. The zero-order valence-electron chi connectivity index (χ0n) is 23.5. The smallest absolute Gasteiger partial charge is 0.187 e. The van der Waals surface area contributed by atoms with Gasteiger partial charge in [0, 0.05) is 0 Å². The third-order valence-corrected chi connectivity index (χ3v) is 8.19. The summed E-state index contributed by atoms with van der Waals surface area (Å²) in [4.78, 5) is 0. The molecule has 0 aliphatic carbocycles. The molecule has 4 rings (SSSR count). The first-order valence-electron chi connectivity index (χ1n) is 14.1. The highest BCUT2D eigenvalue weighted by Gasteiger charge is 2.54. The van der Waals surface area contributed by atoms with Crippen LogP contribution < -0.4 is 0 Å². The SMILES string of the molecule is OC[C@H]1O[C@H](OC[C@H]2O[C@H](O[C@H]3[C@@H](O)[C@H](O)[C@@H](CO)O[C@@H]3O)[C@@H](O)[C@@H](O[C@H]3O[C@H](CO)[C@@H](O)[C@H](O)[C@@H]3O)[C@@H]2O)[C@@H](O)[C@@H](O)[C@@H]1O. The van der Waals surface area contributed by atoms with Gasteiger partial charge in [-0.1, -0.05) is 0 Å². The van der Waals surface area contributed by atoms with Crippen LogP contribution in [-0.2, 0) is 33.2 Å². The minimum atomic E-state index is -2.07. The fourth-order valence-electron chi connectivity index (χ4n) is 5.42. The molecule has 0 saturated carbocycles. The van der Waals surface area contributed by atoms with Gasteiger partial charge in [-0.25, -0.2) is 0 Å². The van der Waals surface area contributed by atoms with E-state index in [1.807, 2.05) is 0 Å². The Morgan fingerprint density at radius 2 is 0.800 bits per heavy atom. The summed E-state index contributed by atoms with van der Waals surface area (Å²) < 4.78 is 37.7. The van der Waals surface area contributed by atoms with Crippen LogP contribution in [0, 0.1) is 0 Å². The summed E-state index contributed by atoms with van der Waals surface area (Å²) in [5.74, 6) is 0. The highest BCUT2D eigenvalue weighted by Crippen LogP contribution is 2.33. The number of rotatable bonds is 10. The predicted octanol–water partition coefficient (Wildman–Crippen LogP) is -9.75. The second kappa shape index (κ2) is 15.6. The molecule has 0 aromatic carbocycles. The molecule has 0 amide bonds. The van der Waals surface area contributed by atoms with E-state index >= 15 is 0 Å². The van der Waals surface area contributed by atoms with Crippen molar-refractivity contribution in [2.24, 2.45) is 0 Å². The van der Waals surface area contributed by atoms with Gasteiger partial charge < -0.3 is 105 Å². The number of aliphatic hydroxyl groups excluding tert-OH is 14. The molecule has 0 spiro atoms. The molecule has 264 valence electrons. The van der Waals surface area contributed by atoms with E-state index in [0.29, 0.717) is 0 Å². The first kappa shape index (κ1) is 37.0. The normalized spacial score (nSPS) is 52.9. The van der Waals surface area contributed by atoms with Crippen LogP contribution in [0.1, 0.15) is 0 Å². The lowest BCUT2D eigenvalue weighted by Crippen LogP contribution is -2.67. The second-order valence-electron chi connectivity index (χ2n) is 11.2. The Balaban J connectivity index is 1.55. The molecular formula is C24H42O21. The molecule has 0 bridgehead atoms. The van der Waals surface area contributed by atoms with E-state index in [4.69, 9.17) is 33.2 Å². The maximum absolute atomic E-state index is 11.1. The molecule has 14 N–H and O–H groups in total. The lowest BCUT2D eigenvalue weighted by Gasteiger charge is -2.48. The molecule has 21 heteroatoms. The highest BCUT2D eigenvalue weighted by molar-refractivity contribution is 4.97. The Kier molecular flexibility index (Phi) is 12.8. The number of hydrogen-bond donors (Lipinski definition) is 14. The average molecular weight is 667 g/mol. The minimum Gasteiger partial charge on any atom is -0.394 e. The average Bonchev–Trinajstić information content (AvgIpc) is 3.02. The van der Waals surface area contributed by atoms with Crippen molar-refractivity contribution in [2.75, 3.05) is 26.4 Å². The van der Waals surface area contributed by atoms with Gasteiger partial charge in [0.25, 0.3) is 0 Å². The Morgan fingerprint density at radius 1 is 0.378 bits per heavy atom. The first-order valence-corrected chi connectivity index (χ1v) is 14.1. The molecule has 4 heterocycles. The molecule has 0 aromatic rings. The van der Waals surface area contributed by atoms with E-state index < -0.39 is 149 Å². The second-order valence-corrected chi connectivity index (χ2v) is 11.2. The molecule has 0 unspecified atom stereocenters. The minimum absolute atomic E-state index is 0.757. The van der Waals surface area contributed by atoms with E-state index in [1.165, 1.54) is 0 Å². The topological polar surface area (TPSA) is 348 Å². The fraction of sp³-hybridized carbons (Fsp3) is 1.00.